The molecule has 3 nitrogen and oxygen atoms in total. The van der Waals surface area contributed by atoms with E-state index in [1.165, 1.54) is 25.3 Å². The number of hydrogen-bond acceptors (Lipinski definition) is 3. The molecular formula is C16H15F2NO2. The molecule has 0 bridgehead atoms. The van der Waals surface area contributed by atoms with Crippen molar-refractivity contribution in [1.29, 1.82) is 0 Å². The maximum absolute atomic E-state index is 13.8. The van der Waals surface area contributed by atoms with Crippen LogP contribution in [0.5, 0.6) is 0 Å². The lowest BCUT2D eigenvalue weighted by atomic mass is 10.1. The zero-order valence-corrected chi connectivity index (χ0v) is 11.7. The molecule has 0 aliphatic carbocycles. The number of esters is 1. The summed E-state index contributed by atoms with van der Waals surface area (Å²) in [6, 6.07) is 9.71. The molecule has 2 aromatic rings. The summed E-state index contributed by atoms with van der Waals surface area (Å²) in [4.78, 5) is 11.7. The second-order valence-electron chi connectivity index (χ2n) is 4.54. The van der Waals surface area contributed by atoms with Crippen LogP contribution in [0.3, 0.4) is 0 Å². The minimum Gasteiger partial charge on any atom is -0.465 e. The number of carbonyl (C=O) groups is 1. The number of carbonyl (C=O) groups excluding carboxylic acids is 1. The standard InChI is InChI=1S/C16H15F2NO2/c1-10(15-12(17)7-5-8-13(15)18)19-14-9-4-3-6-11(14)16(20)21-2/h3-10,19H,1-2H3. The van der Waals surface area contributed by atoms with Crippen LogP contribution in [0.2, 0.25) is 0 Å². The molecule has 2 rings (SSSR count). The first-order chi connectivity index (χ1) is 10.0. The molecule has 0 saturated carbocycles. The van der Waals surface area contributed by atoms with E-state index >= 15 is 0 Å². The van der Waals surface area contributed by atoms with E-state index in [1.54, 1.807) is 31.2 Å². The Kier molecular flexibility index (Phi) is 4.52. The van der Waals surface area contributed by atoms with Crippen molar-refractivity contribution in [3.8, 4) is 0 Å². The summed E-state index contributed by atoms with van der Waals surface area (Å²) < 4.78 is 32.2. The molecule has 1 N–H and O–H groups in total. The maximum atomic E-state index is 13.8. The van der Waals surface area contributed by atoms with Gasteiger partial charge >= 0.3 is 5.97 Å². The van der Waals surface area contributed by atoms with Gasteiger partial charge in [0.05, 0.1) is 18.7 Å². The summed E-state index contributed by atoms with van der Waals surface area (Å²) in [6.45, 7) is 1.62. The molecule has 5 heteroatoms. The molecule has 0 aliphatic rings. The van der Waals surface area contributed by atoms with Crippen molar-refractivity contribution in [2.24, 2.45) is 0 Å². The van der Waals surface area contributed by atoms with Gasteiger partial charge in [0.1, 0.15) is 11.6 Å². The van der Waals surface area contributed by atoms with Crippen molar-refractivity contribution in [2.45, 2.75) is 13.0 Å². The molecule has 0 amide bonds. The van der Waals surface area contributed by atoms with Crippen LogP contribution in [-0.2, 0) is 4.74 Å². The van der Waals surface area contributed by atoms with Gasteiger partial charge in [0.2, 0.25) is 0 Å². The Morgan fingerprint density at radius 1 is 1.10 bits per heavy atom. The average molecular weight is 291 g/mol. The third-order valence-electron chi connectivity index (χ3n) is 3.14. The number of para-hydroxylation sites is 1. The number of nitrogens with one attached hydrogen (secondary N) is 1. The number of ether oxygens (including phenoxy) is 1. The van der Waals surface area contributed by atoms with Gasteiger partial charge in [-0.2, -0.15) is 0 Å². The summed E-state index contributed by atoms with van der Waals surface area (Å²) in [5.41, 5.74) is 0.695. The summed E-state index contributed by atoms with van der Waals surface area (Å²) in [6.07, 6.45) is 0. The normalized spacial score (nSPS) is 11.8. The van der Waals surface area contributed by atoms with E-state index < -0.39 is 23.6 Å². The lowest BCUT2D eigenvalue weighted by Crippen LogP contribution is -2.14. The Hall–Kier alpha value is -2.43. The fraction of sp³-hybridized carbons (Fsp3) is 0.188. The van der Waals surface area contributed by atoms with Gasteiger partial charge in [-0.15, -0.1) is 0 Å². The maximum Gasteiger partial charge on any atom is 0.339 e. The number of rotatable bonds is 4. The van der Waals surface area contributed by atoms with Gasteiger partial charge < -0.3 is 10.1 Å². The van der Waals surface area contributed by atoms with Gasteiger partial charge in [-0.1, -0.05) is 18.2 Å². The predicted molar refractivity (Wildman–Crippen MR) is 76.2 cm³/mol. The van der Waals surface area contributed by atoms with E-state index in [-0.39, 0.29) is 5.56 Å². The smallest absolute Gasteiger partial charge is 0.339 e. The molecule has 0 fully saturated rings. The van der Waals surface area contributed by atoms with Crippen LogP contribution in [0.1, 0.15) is 28.9 Å². The van der Waals surface area contributed by atoms with Crippen molar-refractivity contribution in [1.82, 2.24) is 0 Å². The molecule has 0 saturated heterocycles. The van der Waals surface area contributed by atoms with E-state index in [0.29, 0.717) is 11.3 Å². The Morgan fingerprint density at radius 3 is 2.33 bits per heavy atom. The minimum atomic E-state index is -0.642. The topological polar surface area (TPSA) is 38.3 Å². The van der Waals surface area contributed by atoms with Crippen LogP contribution in [0.15, 0.2) is 42.5 Å². The van der Waals surface area contributed by atoms with Crippen LogP contribution in [0.25, 0.3) is 0 Å². The van der Waals surface area contributed by atoms with Crippen molar-refractivity contribution in [3.63, 3.8) is 0 Å². The van der Waals surface area contributed by atoms with Gasteiger partial charge in [-0.3, -0.25) is 0 Å². The fourth-order valence-corrected chi connectivity index (χ4v) is 2.13. The van der Waals surface area contributed by atoms with Crippen molar-refractivity contribution < 1.29 is 18.3 Å². The average Bonchev–Trinajstić information content (AvgIpc) is 2.47. The van der Waals surface area contributed by atoms with Crippen molar-refractivity contribution >= 4 is 11.7 Å². The molecule has 21 heavy (non-hydrogen) atoms. The summed E-state index contributed by atoms with van der Waals surface area (Å²) >= 11 is 0. The molecule has 110 valence electrons. The van der Waals surface area contributed by atoms with Gasteiger partial charge in [0, 0.05) is 11.3 Å². The van der Waals surface area contributed by atoms with Crippen LogP contribution in [0, 0.1) is 11.6 Å². The monoisotopic (exact) mass is 291 g/mol. The highest BCUT2D eigenvalue weighted by Crippen LogP contribution is 2.26. The summed E-state index contributed by atoms with van der Waals surface area (Å²) in [7, 11) is 1.28. The fourth-order valence-electron chi connectivity index (χ4n) is 2.13. The van der Waals surface area contributed by atoms with Crippen LogP contribution < -0.4 is 5.32 Å². The highest BCUT2D eigenvalue weighted by molar-refractivity contribution is 5.95. The van der Waals surface area contributed by atoms with Crippen LogP contribution in [-0.4, -0.2) is 13.1 Å². The van der Waals surface area contributed by atoms with E-state index in [9.17, 15) is 13.6 Å². The Labute approximate surface area is 121 Å². The highest BCUT2D eigenvalue weighted by Gasteiger charge is 2.18. The minimum absolute atomic E-state index is 0.0721. The van der Waals surface area contributed by atoms with E-state index in [0.717, 1.165) is 0 Å². The third-order valence-corrected chi connectivity index (χ3v) is 3.14. The lowest BCUT2D eigenvalue weighted by Gasteiger charge is -2.18. The second kappa shape index (κ2) is 6.35. The van der Waals surface area contributed by atoms with Crippen molar-refractivity contribution in [3.05, 3.63) is 65.2 Å². The first kappa shape index (κ1) is 15.0. The van der Waals surface area contributed by atoms with Crippen LogP contribution >= 0.6 is 0 Å². The largest absolute Gasteiger partial charge is 0.465 e. The molecule has 1 atom stereocenters. The van der Waals surface area contributed by atoms with Gasteiger partial charge in [-0.25, -0.2) is 13.6 Å². The molecular weight excluding hydrogens is 276 g/mol. The zero-order valence-electron chi connectivity index (χ0n) is 11.7. The molecule has 0 heterocycles. The van der Waals surface area contributed by atoms with Crippen molar-refractivity contribution in [2.75, 3.05) is 12.4 Å². The van der Waals surface area contributed by atoms with E-state index in [2.05, 4.69) is 10.1 Å². The quantitative estimate of drug-likeness (QED) is 0.868. The number of halogens is 2. The molecule has 1 unspecified atom stereocenters. The lowest BCUT2D eigenvalue weighted by molar-refractivity contribution is 0.0602. The second-order valence-corrected chi connectivity index (χ2v) is 4.54. The molecule has 0 radical (unpaired) electrons. The summed E-state index contributed by atoms with van der Waals surface area (Å²) in [5.74, 6) is -1.78. The first-order valence-electron chi connectivity index (χ1n) is 6.42. The highest BCUT2D eigenvalue weighted by atomic mass is 19.1. The Morgan fingerprint density at radius 2 is 1.71 bits per heavy atom. The Bertz CT molecular complexity index is 638. The van der Waals surface area contributed by atoms with E-state index in [1.807, 2.05) is 0 Å². The number of hydrogen-bond donors (Lipinski definition) is 1. The first-order valence-corrected chi connectivity index (χ1v) is 6.42. The van der Waals surface area contributed by atoms with E-state index in [4.69, 9.17) is 0 Å². The molecule has 2 aromatic carbocycles. The van der Waals surface area contributed by atoms with Gasteiger partial charge in [-0.05, 0) is 31.2 Å². The van der Waals surface area contributed by atoms with Gasteiger partial charge in [0.25, 0.3) is 0 Å². The third kappa shape index (κ3) is 3.18. The predicted octanol–water partition coefficient (Wildman–Crippen LogP) is 3.92. The van der Waals surface area contributed by atoms with Gasteiger partial charge in [0.15, 0.2) is 0 Å². The Balaban J connectivity index is 2.32. The number of benzene rings is 2. The zero-order chi connectivity index (χ0) is 15.4. The number of anilines is 1. The van der Waals surface area contributed by atoms with Crippen LogP contribution in [0.4, 0.5) is 14.5 Å². The SMILES string of the molecule is COC(=O)c1ccccc1NC(C)c1c(F)cccc1F. The molecule has 0 aromatic heterocycles. The molecule has 0 spiro atoms. The number of methoxy groups -OCH3 is 1. The molecule has 0 aliphatic heterocycles. The summed E-state index contributed by atoms with van der Waals surface area (Å²) in [5, 5.41) is 2.94.